The van der Waals surface area contributed by atoms with Gasteiger partial charge in [0.15, 0.2) is 0 Å². The third-order valence-electron chi connectivity index (χ3n) is 2.98. The molecule has 94 valence electrons. The fraction of sp³-hybridized carbons (Fsp3) is 0.0667. The van der Waals surface area contributed by atoms with E-state index in [-0.39, 0.29) is 0 Å². The van der Waals surface area contributed by atoms with Crippen LogP contribution in [0.15, 0.2) is 53.3 Å². The largest absolute Gasteiger partial charge is 0.339 e. The molecule has 3 aromatic rings. The minimum absolute atomic E-state index is 0.816. The molecule has 0 bridgehead atoms. The molecule has 2 heterocycles. The van der Waals surface area contributed by atoms with Gasteiger partial charge in [-0.2, -0.15) is 0 Å². The van der Waals surface area contributed by atoms with Gasteiger partial charge in [0.2, 0.25) is 0 Å². The van der Waals surface area contributed by atoms with Gasteiger partial charge < -0.3 is 5.32 Å². The number of rotatable bonds is 2. The molecule has 0 unspecified atom stereocenters. The maximum absolute atomic E-state index is 4.36. The molecule has 0 aliphatic heterocycles. The minimum Gasteiger partial charge on any atom is -0.339 e. The smallest absolute Gasteiger partial charge is 0.144 e. The molecule has 0 spiro atoms. The van der Waals surface area contributed by atoms with E-state index in [1.54, 1.807) is 12.4 Å². The third kappa shape index (κ3) is 2.31. The first kappa shape index (κ1) is 12.1. The van der Waals surface area contributed by atoms with Crippen molar-refractivity contribution in [3.8, 4) is 0 Å². The highest BCUT2D eigenvalue weighted by atomic mass is 79.9. The lowest BCUT2D eigenvalue weighted by molar-refractivity contribution is 1.25. The fourth-order valence-electron chi connectivity index (χ4n) is 1.97. The molecule has 19 heavy (non-hydrogen) atoms. The number of aryl methyl sites for hydroxylation is 1. The summed E-state index contributed by atoms with van der Waals surface area (Å²) in [4.78, 5) is 8.71. The van der Waals surface area contributed by atoms with E-state index in [1.165, 1.54) is 0 Å². The van der Waals surface area contributed by atoms with E-state index in [1.807, 2.05) is 43.3 Å². The first-order valence-corrected chi connectivity index (χ1v) is 6.77. The molecule has 3 nitrogen and oxygen atoms in total. The number of nitrogens with zero attached hydrogens (tertiary/aromatic N) is 2. The van der Waals surface area contributed by atoms with Gasteiger partial charge in [0.05, 0.1) is 9.99 Å². The van der Waals surface area contributed by atoms with Crippen LogP contribution < -0.4 is 5.32 Å². The Labute approximate surface area is 119 Å². The number of hydrogen-bond acceptors (Lipinski definition) is 3. The fourth-order valence-corrected chi connectivity index (χ4v) is 2.30. The van der Waals surface area contributed by atoms with Crippen LogP contribution in [-0.2, 0) is 0 Å². The maximum atomic E-state index is 4.36. The molecule has 0 saturated heterocycles. The second kappa shape index (κ2) is 4.97. The Morgan fingerprint density at radius 3 is 2.79 bits per heavy atom. The molecule has 2 aromatic heterocycles. The van der Waals surface area contributed by atoms with Crippen LogP contribution in [0.5, 0.6) is 0 Å². The SMILES string of the molecule is Cc1ccnc(Nc2cccc3ncccc23)c1Br. The van der Waals surface area contributed by atoms with Crippen molar-refractivity contribution in [3.05, 3.63) is 58.8 Å². The molecule has 0 aliphatic rings. The van der Waals surface area contributed by atoms with Crippen LogP contribution >= 0.6 is 15.9 Å². The summed E-state index contributed by atoms with van der Waals surface area (Å²) in [6, 6.07) is 12.0. The molecule has 1 aromatic carbocycles. The van der Waals surface area contributed by atoms with Gasteiger partial charge in [0, 0.05) is 23.5 Å². The number of hydrogen-bond donors (Lipinski definition) is 1. The highest BCUT2D eigenvalue weighted by molar-refractivity contribution is 9.10. The zero-order valence-electron chi connectivity index (χ0n) is 10.4. The lowest BCUT2D eigenvalue weighted by atomic mass is 10.2. The van der Waals surface area contributed by atoms with Crippen LogP contribution in [0.3, 0.4) is 0 Å². The lowest BCUT2D eigenvalue weighted by Gasteiger charge is -2.11. The van der Waals surface area contributed by atoms with E-state index in [2.05, 4.69) is 31.2 Å². The third-order valence-corrected chi connectivity index (χ3v) is 3.98. The maximum Gasteiger partial charge on any atom is 0.144 e. The zero-order valence-corrected chi connectivity index (χ0v) is 12.0. The van der Waals surface area contributed by atoms with Gasteiger partial charge in [-0.15, -0.1) is 0 Å². The van der Waals surface area contributed by atoms with Crippen molar-refractivity contribution in [2.75, 3.05) is 5.32 Å². The number of benzene rings is 1. The van der Waals surface area contributed by atoms with Crippen molar-refractivity contribution < 1.29 is 0 Å². The molecular weight excluding hydrogens is 302 g/mol. The van der Waals surface area contributed by atoms with E-state index >= 15 is 0 Å². The molecule has 0 aliphatic carbocycles. The van der Waals surface area contributed by atoms with Gasteiger partial charge in [-0.1, -0.05) is 6.07 Å². The summed E-state index contributed by atoms with van der Waals surface area (Å²) in [6.45, 7) is 2.04. The standard InChI is InChI=1S/C15H12BrN3/c1-10-7-9-18-15(14(10)16)19-13-6-2-5-12-11(13)4-3-8-17-12/h2-9H,1H3,(H,18,19). The van der Waals surface area contributed by atoms with Crippen LogP contribution in [-0.4, -0.2) is 9.97 Å². The Hall–Kier alpha value is -1.94. The average molecular weight is 314 g/mol. The van der Waals surface area contributed by atoms with E-state index in [0.717, 1.165) is 32.4 Å². The van der Waals surface area contributed by atoms with E-state index in [9.17, 15) is 0 Å². The van der Waals surface area contributed by atoms with Crippen LogP contribution in [0.2, 0.25) is 0 Å². The molecule has 4 heteroatoms. The number of nitrogens with one attached hydrogen (secondary N) is 1. The number of pyridine rings is 2. The number of fused-ring (bicyclic) bond motifs is 1. The number of anilines is 2. The molecule has 0 saturated carbocycles. The number of aromatic nitrogens is 2. The minimum atomic E-state index is 0.816. The van der Waals surface area contributed by atoms with Crippen molar-refractivity contribution in [2.24, 2.45) is 0 Å². The Bertz CT molecular complexity index is 735. The molecule has 0 amide bonds. The summed E-state index contributed by atoms with van der Waals surface area (Å²) in [5.74, 6) is 0.816. The Balaban J connectivity index is 2.09. The topological polar surface area (TPSA) is 37.8 Å². The highest BCUT2D eigenvalue weighted by Gasteiger charge is 2.06. The summed E-state index contributed by atoms with van der Waals surface area (Å²) in [6.07, 6.45) is 3.60. The van der Waals surface area contributed by atoms with Crippen molar-refractivity contribution in [1.29, 1.82) is 0 Å². The number of halogens is 1. The Morgan fingerprint density at radius 2 is 1.89 bits per heavy atom. The molecule has 1 N–H and O–H groups in total. The summed E-state index contributed by atoms with van der Waals surface area (Å²) >= 11 is 3.56. The van der Waals surface area contributed by atoms with Crippen molar-refractivity contribution in [1.82, 2.24) is 9.97 Å². The average Bonchev–Trinajstić information content (AvgIpc) is 2.44. The van der Waals surface area contributed by atoms with Crippen LogP contribution in [0, 0.1) is 6.92 Å². The second-order valence-electron chi connectivity index (χ2n) is 4.29. The van der Waals surface area contributed by atoms with Crippen LogP contribution in [0.25, 0.3) is 10.9 Å². The summed E-state index contributed by atoms with van der Waals surface area (Å²) in [5.41, 5.74) is 3.12. The zero-order chi connectivity index (χ0) is 13.2. The monoisotopic (exact) mass is 313 g/mol. The van der Waals surface area contributed by atoms with Gasteiger partial charge in [-0.05, 0) is 58.7 Å². The van der Waals surface area contributed by atoms with Gasteiger partial charge in [-0.25, -0.2) is 4.98 Å². The quantitative estimate of drug-likeness (QED) is 0.759. The molecule has 0 fully saturated rings. The van der Waals surface area contributed by atoms with E-state index in [0.29, 0.717) is 0 Å². The van der Waals surface area contributed by atoms with Gasteiger partial charge in [0.1, 0.15) is 5.82 Å². The predicted molar refractivity (Wildman–Crippen MR) is 81.7 cm³/mol. The van der Waals surface area contributed by atoms with E-state index < -0.39 is 0 Å². The first-order chi connectivity index (χ1) is 9.25. The van der Waals surface area contributed by atoms with Gasteiger partial charge in [0.25, 0.3) is 0 Å². The molecular formula is C15H12BrN3. The van der Waals surface area contributed by atoms with Crippen molar-refractivity contribution in [2.45, 2.75) is 6.92 Å². The first-order valence-electron chi connectivity index (χ1n) is 5.97. The molecule has 0 radical (unpaired) electrons. The summed E-state index contributed by atoms with van der Waals surface area (Å²) in [7, 11) is 0. The van der Waals surface area contributed by atoms with Gasteiger partial charge >= 0.3 is 0 Å². The summed E-state index contributed by atoms with van der Waals surface area (Å²) in [5, 5.41) is 4.44. The van der Waals surface area contributed by atoms with Crippen molar-refractivity contribution >= 4 is 38.3 Å². The lowest BCUT2D eigenvalue weighted by Crippen LogP contribution is -1.96. The normalized spacial score (nSPS) is 10.6. The predicted octanol–water partition coefficient (Wildman–Crippen LogP) is 4.44. The highest BCUT2D eigenvalue weighted by Crippen LogP contribution is 2.29. The van der Waals surface area contributed by atoms with Crippen LogP contribution in [0.4, 0.5) is 11.5 Å². The second-order valence-corrected chi connectivity index (χ2v) is 5.08. The van der Waals surface area contributed by atoms with Gasteiger partial charge in [-0.3, -0.25) is 4.98 Å². The Kier molecular flexibility index (Phi) is 3.17. The summed E-state index contributed by atoms with van der Waals surface area (Å²) < 4.78 is 0.982. The van der Waals surface area contributed by atoms with Crippen LogP contribution in [0.1, 0.15) is 5.56 Å². The Morgan fingerprint density at radius 1 is 1.00 bits per heavy atom. The van der Waals surface area contributed by atoms with Crippen molar-refractivity contribution in [3.63, 3.8) is 0 Å². The van der Waals surface area contributed by atoms with E-state index in [4.69, 9.17) is 0 Å². The molecule has 3 rings (SSSR count). The molecule has 0 atom stereocenters.